The summed E-state index contributed by atoms with van der Waals surface area (Å²) in [5.41, 5.74) is 3.76. The second-order valence-electron chi connectivity index (χ2n) is 10.8. The number of nitrogens with zero attached hydrogens (tertiary/aromatic N) is 1. The lowest BCUT2D eigenvalue weighted by molar-refractivity contribution is 0.103. The summed E-state index contributed by atoms with van der Waals surface area (Å²) in [6.45, 7) is 20.9. The summed E-state index contributed by atoms with van der Waals surface area (Å²) in [5, 5.41) is 0.844. The van der Waals surface area contributed by atoms with E-state index in [1.807, 2.05) is 36.4 Å². The van der Waals surface area contributed by atoms with Crippen LogP contribution in [0.3, 0.4) is 0 Å². The van der Waals surface area contributed by atoms with Crippen molar-refractivity contribution in [1.29, 1.82) is 0 Å². The normalized spacial score (nSPS) is 12.5. The third kappa shape index (κ3) is 5.50. The highest BCUT2D eigenvalue weighted by molar-refractivity contribution is 6.16. The number of carbonyl (C=O) groups is 1. The molecule has 3 aromatic rings. The molecule has 0 spiro atoms. The van der Waals surface area contributed by atoms with Crippen molar-refractivity contribution in [3.63, 3.8) is 0 Å². The van der Waals surface area contributed by atoms with Gasteiger partial charge in [0.25, 0.3) is 0 Å². The zero-order chi connectivity index (χ0) is 24.4. The average Bonchev–Trinajstić information content (AvgIpc) is 3.18. The van der Waals surface area contributed by atoms with Gasteiger partial charge in [0.1, 0.15) is 24.2 Å². The topological polar surface area (TPSA) is 42.7 Å². The Kier molecular flexibility index (Phi) is 7.38. The van der Waals surface area contributed by atoms with Crippen molar-refractivity contribution in [3.8, 4) is 5.75 Å². The summed E-state index contributed by atoms with van der Waals surface area (Å²) in [6, 6.07) is 11.7. The van der Waals surface area contributed by atoms with Gasteiger partial charge >= 0.3 is 0 Å². The zero-order valence-electron chi connectivity index (χ0n) is 21.5. The van der Waals surface area contributed by atoms with Gasteiger partial charge in [-0.3, -0.25) is 4.79 Å². The lowest BCUT2D eigenvalue weighted by atomic mass is 9.77. The van der Waals surface area contributed by atoms with Gasteiger partial charge in [0.2, 0.25) is 0 Å². The second kappa shape index (κ2) is 9.72. The largest absolute Gasteiger partial charge is 0.492 e. The van der Waals surface area contributed by atoms with Crippen LogP contribution >= 0.6 is 0 Å². The Bertz CT molecular complexity index is 1070. The van der Waals surface area contributed by atoms with Gasteiger partial charge in [0, 0.05) is 28.6 Å². The van der Waals surface area contributed by atoms with E-state index < -0.39 is 0 Å². The molecule has 0 aliphatic carbocycles. The predicted octanol–water partition coefficient (Wildman–Crippen LogP) is 6.98. The van der Waals surface area contributed by atoms with Gasteiger partial charge in [-0.1, -0.05) is 73.6 Å². The number of likely N-dealkylation sites (N-methyl/N-ethyl adjacent to an activating group) is 1. The molecule has 0 radical (unpaired) electrons. The molecule has 0 N–H and O–H groups in total. The molecule has 2 aromatic carbocycles. The van der Waals surface area contributed by atoms with Gasteiger partial charge in [0.15, 0.2) is 5.78 Å². The Morgan fingerprint density at radius 1 is 0.939 bits per heavy atom. The van der Waals surface area contributed by atoms with Gasteiger partial charge in [0.05, 0.1) is 5.56 Å². The van der Waals surface area contributed by atoms with Crippen LogP contribution in [-0.4, -0.2) is 36.9 Å². The number of ketones is 1. The molecule has 4 heteroatoms. The number of fused-ring (bicyclic) bond motifs is 1. The third-order valence-electron chi connectivity index (χ3n) is 6.24. The second-order valence-corrected chi connectivity index (χ2v) is 10.8. The molecule has 33 heavy (non-hydrogen) atoms. The highest BCUT2D eigenvalue weighted by Gasteiger charge is 2.30. The summed E-state index contributed by atoms with van der Waals surface area (Å²) in [7, 11) is 0. The highest BCUT2D eigenvalue weighted by atomic mass is 16.5. The van der Waals surface area contributed by atoms with E-state index in [2.05, 4.69) is 60.3 Å². The summed E-state index contributed by atoms with van der Waals surface area (Å²) >= 11 is 0. The monoisotopic (exact) mass is 449 g/mol. The van der Waals surface area contributed by atoms with E-state index in [-0.39, 0.29) is 16.6 Å². The lowest BCUT2D eigenvalue weighted by Crippen LogP contribution is -2.29. The van der Waals surface area contributed by atoms with Crippen molar-refractivity contribution in [3.05, 3.63) is 64.9 Å². The molecule has 0 saturated heterocycles. The SMILES string of the molecule is CCN(CC)CCOc1c(C(C)(C)C)cc(C(=O)c2coc3ccccc23)cc1C(C)(C)C. The van der Waals surface area contributed by atoms with Crippen LogP contribution < -0.4 is 4.74 Å². The number of ether oxygens (including phenoxy) is 1. The van der Waals surface area contributed by atoms with Crippen LogP contribution in [0.1, 0.15) is 82.4 Å². The van der Waals surface area contributed by atoms with Crippen LogP contribution in [0.25, 0.3) is 11.0 Å². The zero-order valence-corrected chi connectivity index (χ0v) is 21.5. The minimum atomic E-state index is -0.181. The van der Waals surface area contributed by atoms with Gasteiger partial charge in [-0.25, -0.2) is 0 Å². The number of rotatable bonds is 8. The fraction of sp³-hybridized carbons (Fsp3) is 0.483. The Morgan fingerprint density at radius 3 is 2.06 bits per heavy atom. The first-order valence-corrected chi connectivity index (χ1v) is 12.0. The van der Waals surface area contributed by atoms with Crippen molar-refractivity contribution >= 4 is 16.8 Å². The maximum absolute atomic E-state index is 13.7. The van der Waals surface area contributed by atoms with Crippen LogP contribution in [-0.2, 0) is 10.8 Å². The predicted molar refractivity (Wildman–Crippen MR) is 137 cm³/mol. The molecule has 0 atom stereocenters. The minimum absolute atomic E-state index is 0.0226. The molecule has 0 amide bonds. The molecule has 0 fully saturated rings. The van der Waals surface area contributed by atoms with E-state index in [1.54, 1.807) is 6.26 Å². The van der Waals surface area contributed by atoms with Gasteiger partial charge in [-0.15, -0.1) is 0 Å². The van der Waals surface area contributed by atoms with Gasteiger partial charge in [-0.2, -0.15) is 0 Å². The first-order valence-electron chi connectivity index (χ1n) is 12.0. The van der Waals surface area contributed by atoms with Gasteiger partial charge in [-0.05, 0) is 42.1 Å². The Hall–Kier alpha value is -2.59. The number of benzene rings is 2. The third-order valence-corrected chi connectivity index (χ3v) is 6.24. The molecule has 178 valence electrons. The first-order chi connectivity index (χ1) is 15.5. The maximum atomic E-state index is 13.7. The summed E-state index contributed by atoms with van der Waals surface area (Å²) in [6.07, 6.45) is 1.58. The van der Waals surface area contributed by atoms with E-state index in [1.165, 1.54) is 0 Å². The fourth-order valence-electron chi connectivity index (χ4n) is 4.16. The quantitative estimate of drug-likeness (QED) is 0.348. The summed E-state index contributed by atoms with van der Waals surface area (Å²) < 4.78 is 12.1. The first kappa shape index (κ1) is 25.0. The molecular weight excluding hydrogens is 410 g/mol. The van der Waals surface area contributed by atoms with Crippen molar-refractivity contribution < 1.29 is 13.9 Å². The Labute approximate surface area is 198 Å². The smallest absolute Gasteiger partial charge is 0.196 e. The van der Waals surface area contributed by atoms with Crippen molar-refractivity contribution in [2.24, 2.45) is 0 Å². The van der Waals surface area contributed by atoms with E-state index >= 15 is 0 Å². The summed E-state index contributed by atoms with van der Waals surface area (Å²) in [5.74, 6) is 0.890. The number of carbonyl (C=O) groups excluding carboxylic acids is 1. The molecule has 1 aromatic heterocycles. The van der Waals surface area contributed by atoms with E-state index in [4.69, 9.17) is 9.15 Å². The molecule has 1 heterocycles. The van der Waals surface area contributed by atoms with Crippen LogP contribution in [0.15, 0.2) is 47.1 Å². The molecule has 0 aliphatic heterocycles. The lowest BCUT2D eigenvalue weighted by Gasteiger charge is -2.31. The Balaban J connectivity index is 2.10. The van der Waals surface area contributed by atoms with Crippen molar-refractivity contribution in [1.82, 2.24) is 4.90 Å². The average molecular weight is 450 g/mol. The number of hydrogen-bond acceptors (Lipinski definition) is 4. The number of furan rings is 1. The molecule has 3 rings (SSSR count). The summed E-state index contributed by atoms with van der Waals surface area (Å²) in [4.78, 5) is 16.0. The minimum Gasteiger partial charge on any atom is -0.492 e. The van der Waals surface area contributed by atoms with Crippen molar-refractivity contribution in [2.75, 3.05) is 26.2 Å². The molecule has 0 unspecified atom stereocenters. The van der Waals surface area contributed by atoms with Crippen LogP contribution in [0.5, 0.6) is 5.75 Å². The number of para-hydroxylation sites is 1. The van der Waals surface area contributed by atoms with E-state index in [9.17, 15) is 4.79 Å². The Morgan fingerprint density at radius 2 is 1.52 bits per heavy atom. The molecule has 0 saturated carbocycles. The highest BCUT2D eigenvalue weighted by Crippen LogP contribution is 2.41. The van der Waals surface area contributed by atoms with Crippen LogP contribution in [0.2, 0.25) is 0 Å². The molecular formula is C29H39NO3. The van der Waals surface area contributed by atoms with Crippen LogP contribution in [0.4, 0.5) is 0 Å². The number of hydrogen-bond donors (Lipinski definition) is 0. The molecule has 4 nitrogen and oxygen atoms in total. The van der Waals surface area contributed by atoms with Gasteiger partial charge < -0.3 is 14.1 Å². The van der Waals surface area contributed by atoms with Crippen molar-refractivity contribution in [2.45, 2.75) is 66.2 Å². The molecule has 0 aliphatic rings. The van der Waals surface area contributed by atoms with Crippen LogP contribution in [0, 0.1) is 0 Å². The molecule has 0 bridgehead atoms. The maximum Gasteiger partial charge on any atom is 0.196 e. The van der Waals surface area contributed by atoms with E-state index in [0.717, 1.165) is 47.5 Å². The fourth-order valence-corrected chi connectivity index (χ4v) is 4.16. The standard InChI is InChI=1S/C29H39NO3/c1-9-30(10-2)15-16-32-27-23(28(3,4)5)17-20(18-24(27)29(6,7)8)26(31)22-19-33-25-14-12-11-13-21(22)25/h11-14,17-19H,9-10,15-16H2,1-8H3. The van der Waals surface area contributed by atoms with E-state index in [0.29, 0.717) is 17.7 Å².